The largest absolute Gasteiger partial charge is 0.436 e. The zero-order valence-corrected chi connectivity index (χ0v) is 12.1. The monoisotopic (exact) mass is 370 g/mol. The fourth-order valence-electron chi connectivity index (χ4n) is 1.73. The Kier molecular flexibility index (Phi) is 2.91. The minimum Gasteiger partial charge on any atom is -0.436 e. The number of hydrogen-bond donors (Lipinski definition) is 1. The van der Waals surface area contributed by atoms with Crippen molar-refractivity contribution in [1.29, 1.82) is 0 Å². The Hall–Kier alpha value is -1.27. The van der Waals surface area contributed by atoms with Crippen LogP contribution in [0.15, 0.2) is 40.8 Å². The zero-order chi connectivity index (χ0) is 12.7. The standard InChI is InChI=1S/C13H8ClIN2O/c14-7-1-4-12-11(5-7)17-13(18-12)9-6-8(15)2-3-10(9)16/h1-6H,16H2. The number of hydrogen-bond acceptors (Lipinski definition) is 3. The first-order chi connectivity index (χ1) is 8.63. The van der Waals surface area contributed by atoms with Gasteiger partial charge < -0.3 is 10.2 Å². The molecule has 18 heavy (non-hydrogen) atoms. The maximum absolute atomic E-state index is 5.94. The van der Waals surface area contributed by atoms with Gasteiger partial charge in [-0.05, 0) is 59.0 Å². The van der Waals surface area contributed by atoms with Crippen LogP contribution in [-0.2, 0) is 0 Å². The second-order valence-corrected chi connectivity index (χ2v) is 5.54. The van der Waals surface area contributed by atoms with Crippen molar-refractivity contribution in [3.05, 3.63) is 45.0 Å². The molecule has 0 atom stereocenters. The van der Waals surface area contributed by atoms with Crippen molar-refractivity contribution in [3.63, 3.8) is 0 Å². The van der Waals surface area contributed by atoms with Crippen LogP contribution in [0, 0.1) is 3.57 Å². The van der Waals surface area contributed by atoms with Crippen molar-refractivity contribution < 1.29 is 4.42 Å². The number of oxazole rings is 1. The molecule has 3 aromatic rings. The third kappa shape index (κ3) is 2.06. The van der Waals surface area contributed by atoms with Crippen molar-refractivity contribution in [2.45, 2.75) is 0 Å². The predicted octanol–water partition coefficient (Wildman–Crippen LogP) is 4.34. The Labute approximate surface area is 122 Å². The molecule has 0 aliphatic heterocycles. The van der Waals surface area contributed by atoms with Gasteiger partial charge in [-0.3, -0.25) is 0 Å². The van der Waals surface area contributed by atoms with E-state index in [1.165, 1.54) is 0 Å². The van der Waals surface area contributed by atoms with E-state index in [-0.39, 0.29) is 0 Å². The number of rotatable bonds is 1. The second kappa shape index (κ2) is 4.44. The van der Waals surface area contributed by atoms with E-state index in [0.717, 1.165) is 14.7 Å². The van der Waals surface area contributed by atoms with Gasteiger partial charge in [0, 0.05) is 14.3 Å². The van der Waals surface area contributed by atoms with Crippen molar-refractivity contribution in [3.8, 4) is 11.5 Å². The van der Waals surface area contributed by atoms with Crippen LogP contribution in [0.2, 0.25) is 5.02 Å². The molecule has 0 aliphatic rings. The highest BCUT2D eigenvalue weighted by Crippen LogP contribution is 2.30. The molecule has 0 bridgehead atoms. The Morgan fingerprint density at radius 1 is 1.17 bits per heavy atom. The molecule has 90 valence electrons. The fraction of sp³-hybridized carbons (Fsp3) is 0. The molecule has 0 unspecified atom stereocenters. The van der Waals surface area contributed by atoms with Gasteiger partial charge in [0.2, 0.25) is 5.89 Å². The average Bonchev–Trinajstić information content (AvgIpc) is 2.74. The Morgan fingerprint density at radius 2 is 2.00 bits per heavy atom. The molecule has 0 amide bonds. The molecule has 2 N–H and O–H groups in total. The van der Waals surface area contributed by atoms with Gasteiger partial charge in [-0.1, -0.05) is 11.6 Å². The average molecular weight is 371 g/mol. The third-order valence-corrected chi connectivity index (χ3v) is 3.50. The Bertz CT molecular complexity index is 739. The van der Waals surface area contributed by atoms with E-state index in [1.54, 1.807) is 18.2 Å². The number of benzene rings is 2. The normalized spacial score (nSPS) is 11.0. The number of nitrogens with zero attached hydrogens (tertiary/aromatic N) is 1. The highest BCUT2D eigenvalue weighted by atomic mass is 127. The topological polar surface area (TPSA) is 52.0 Å². The molecule has 1 aromatic heterocycles. The second-order valence-electron chi connectivity index (χ2n) is 3.86. The summed E-state index contributed by atoms with van der Waals surface area (Å²) in [5.41, 5.74) is 8.82. The van der Waals surface area contributed by atoms with Crippen molar-refractivity contribution >= 4 is 51.0 Å². The summed E-state index contributed by atoms with van der Waals surface area (Å²) in [4.78, 5) is 4.41. The number of anilines is 1. The van der Waals surface area contributed by atoms with Gasteiger partial charge in [0.25, 0.3) is 0 Å². The molecule has 0 aliphatic carbocycles. The number of nitrogen functional groups attached to an aromatic ring is 1. The Balaban J connectivity index is 2.22. The molecule has 0 spiro atoms. The van der Waals surface area contributed by atoms with Crippen molar-refractivity contribution in [2.75, 3.05) is 5.73 Å². The maximum atomic E-state index is 5.94. The van der Waals surface area contributed by atoms with Crippen molar-refractivity contribution in [1.82, 2.24) is 4.98 Å². The van der Waals surface area contributed by atoms with E-state index < -0.39 is 0 Å². The first kappa shape index (κ1) is 11.8. The van der Waals surface area contributed by atoms with Gasteiger partial charge in [-0.25, -0.2) is 4.98 Å². The van der Waals surface area contributed by atoms with Gasteiger partial charge in [0.1, 0.15) is 5.52 Å². The van der Waals surface area contributed by atoms with Gasteiger partial charge in [-0.2, -0.15) is 0 Å². The molecule has 3 nitrogen and oxygen atoms in total. The summed E-state index contributed by atoms with van der Waals surface area (Å²) in [5, 5.41) is 0.637. The first-order valence-electron chi connectivity index (χ1n) is 5.25. The smallest absolute Gasteiger partial charge is 0.229 e. The van der Waals surface area contributed by atoms with Crippen LogP contribution in [0.4, 0.5) is 5.69 Å². The highest BCUT2D eigenvalue weighted by molar-refractivity contribution is 14.1. The first-order valence-corrected chi connectivity index (χ1v) is 6.70. The van der Waals surface area contributed by atoms with E-state index in [2.05, 4.69) is 27.6 Å². The van der Waals surface area contributed by atoms with Crippen LogP contribution in [-0.4, -0.2) is 4.98 Å². The summed E-state index contributed by atoms with van der Waals surface area (Å²) in [6, 6.07) is 11.1. The molecule has 5 heteroatoms. The number of fused-ring (bicyclic) bond motifs is 1. The Morgan fingerprint density at radius 3 is 2.83 bits per heavy atom. The van der Waals surface area contributed by atoms with Crippen LogP contribution < -0.4 is 5.73 Å². The molecule has 0 fully saturated rings. The van der Waals surface area contributed by atoms with Crippen LogP contribution in [0.3, 0.4) is 0 Å². The van der Waals surface area contributed by atoms with E-state index in [4.69, 9.17) is 21.8 Å². The summed E-state index contributed by atoms with van der Waals surface area (Å²) in [7, 11) is 0. The molecule has 2 aromatic carbocycles. The van der Waals surface area contributed by atoms with Crippen LogP contribution in [0.25, 0.3) is 22.6 Å². The lowest BCUT2D eigenvalue weighted by Crippen LogP contribution is -1.90. The van der Waals surface area contributed by atoms with Crippen LogP contribution in [0.1, 0.15) is 0 Å². The van der Waals surface area contributed by atoms with E-state index in [0.29, 0.717) is 22.2 Å². The van der Waals surface area contributed by atoms with Crippen LogP contribution in [0.5, 0.6) is 0 Å². The maximum Gasteiger partial charge on any atom is 0.229 e. The van der Waals surface area contributed by atoms with E-state index >= 15 is 0 Å². The third-order valence-electron chi connectivity index (χ3n) is 2.60. The minimum absolute atomic E-state index is 0.517. The molecule has 0 saturated carbocycles. The van der Waals surface area contributed by atoms with E-state index in [1.807, 2.05) is 18.2 Å². The zero-order valence-electron chi connectivity index (χ0n) is 9.15. The van der Waals surface area contributed by atoms with Gasteiger partial charge in [-0.15, -0.1) is 0 Å². The summed E-state index contributed by atoms with van der Waals surface area (Å²) in [6.45, 7) is 0. The minimum atomic E-state index is 0.517. The predicted molar refractivity (Wildman–Crippen MR) is 81.6 cm³/mol. The van der Waals surface area contributed by atoms with Crippen LogP contribution >= 0.6 is 34.2 Å². The number of halogens is 2. The summed E-state index contributed by atoms with van der Waals surface area (Å²) >= 11 is 8.15. The summed E-state index contributed by atoms with van der Waals surface area (Å²) in [6.07, 6.45) is 0. The molecule has 0 radical (unpaired) electrons. The summed E-state index contributed by atoms with van der Waals surface area (Å²) < 4.78 is 6.77. The highest BCUT2D eigenvalue weighted by Gasteiger charge is 2.11. The lowest BCUT2D eigenvalue weighted by molar-refractivity contribution is 0.620. The SMILES string of the molecule is Nc1ccc(I)cc1-c1nc2cc(Cl)ccc2o1. The number of nitrogens with two attached hydrogens (primary N) is 1. The summed E-state index contributed by atoms with van der Waals surface area (Å²) in [5.74, 6) is 0.517. The molecule has 3 rings (SSSR count). The van der Waals surface area contributed by atoms with Crippen molar-refractivity contribution in [2.24, 2.45) is 0 Å². The lowest BCUT2D eigenvalue weighted by atomic mass is 10.2. The molecular formula is C13H8ClIN2O. The van der Waals surface area contributed by atoms with Gasteiger partial charge in [0.15, 0.2) is 5.58 Å². The molecule has 1 heterocycles. The molecular weight excluding hydrogens is 363 g/mol. The van der Waals surface area contributed by atoms with Gasteiger partial charge in [0.05, 0.1) is 5.56 Å². The quantitative estimate of drug-likeness (QED) is 0.512. The van der Waals surface area contributed by atoms with Gasteiger partial charge >= 0.3 is 0 Å². The lowest BCUT2D eigenvalue weighted by Gasteiger charge is -2.01. The fourth-order valence-corrected chi connectivity index (χ4v) is 2.39. The number of aromatic nitrogens is 1. The molecule has 0 saturated heterocycles. The van der Waals surface area contributed by atoms with E-state index in [9.17, 15) is 0 Å².